The summed E-state index contributed by atoms with van der Waals surface area (Å²) in [5, 5.41) is 18.0. The first-order valence-electron chi connectivity index (χ1n) is 4.47. The zero-order chi connectivity index (χ0) is 11.7. The molecule has 0 aliphatic heterocycles. The minimum atomic E-state index is -1.56. The van der Waals surface area contributed by atoms with Crippen molar-refractivity contribution in [3.8, 4) is 6.08 Å². The van der Waals surface area contributed by atoms with E-state index in [0.717, 1.165) is 0 Å². The minimum Gasteiger partial charge on any atom is -0.479 e. The minimum absolute atomic E-state index is 0.0944. The number of carboxylic acid groups (broad SMARTS) is 1. The van der Waals surface area contributed by atoms with Crippen LogP contribution in [0.4, 0.5) is 0 Å². The number of oxazole rings is 1. The van der Waals surface area contributed by atoms with Crippen molar-refractivity contribution in [2.45, 2.75) is 6.10 Å². The smallest absolute Gasteiger partial charge is 0.394 e. The van der Waals surface area contributed by atoms with Crippen LogP contribution < -0.4 is 4.74 Å². The Hall–Kier alpha value is -2.08. The Morgan fingerprint density at radius 2 is 2.31 bits per heavy atom. The van der Waals surface area contributed by atoms with Crippen LogP contribution in [0.15, 0.2) is 22.6 Å². The van der Waals surface area contributed by atoms with E-state index < -0.39 is 12.1 Å². The van der Waals surface area contributed by atoms with Crippen LogP contribution in [-0.4, -0.2) is 28.3 Å². The van der Waals surface area contributed by atoms with E-state index in [1.165, 1.54) is 25.3 Å². The number of aliphatic carboxylic acids is 1. The number of aliphatic hydroxyl groups excluding tert-OH is 1. The number of ether oxygens (including phenoxy) is 1. The van der Waals surface area contributed by atoms with Crippen molar-refractivity contribution in [3.63, 3.8) is 0 Å². The van der Waals surface area contributed by atoms with Gasteiger partial charge in [0.05, 0.1) is 7.11 Å². The van der Waals surface area contributed by atoms with Gasteiger partial charge in [-0.2, -0.15) is 4.98 Å². The molecule has 6 heteroatoms. The van der Waals surface area contributed by atoms with Crippen molar-refractivity contribution < 1.29 is 24.2 Å². The van der Waals surface area contributed by atoms with Crippen molar-refractivity contribution in [1.82, 2.24) is 4.98 Å². The van der Waals surface area contributed by atoms with Crippen molar-refractivity contribution in [1.29, 1.82) is 0 Å². The molecule has 0 aliphatic rings. The molecule has 1 heterocycles. The summed E-state index contributed by atoms with van der Waals surface area (Å²) in [5.41, 5.74) is 1.16. The maximum Gasteiger partial charge on any atom is 0.394 e. The molecule has 2 aromatic rings. The van der Waals surface area contributed by atoms with E-state index in [-0.39, 0.29) is 11.6 Å². The first-order valence-corrected chi connectivity index (χ1v) is 4.47. The lowest BCUT2D eigenvalue weighted by Gasteiger charge is -2.03. The molecular weight excluding hydrogens is 214 g/mol. The van der Waals surface area contributed by atoms with Gasteiger partial charge in [0.15, 0.2) is 11.7 Å². The quantitative estimate of drug-likeness (QED) is 0.804. The molecule has 0 bridgehead atoms. The monoisotopic (exact) mass is 223 g/mol. The van der Waals surface area contributed by atoms with Gasteiger partial charge in [0.2, 0.25) is 0 Å². The lowest BCUT2D eigenvalue weighted by atomic mass is 10.1. The number of fused-ring (bicyclic) bond motifs is 1. The number of hydrogen-bond acceptors (Lipinski definition) is 5. The Morgan fingerprint density at radius 1 is 1.56 bits per heavy atom. The molecule has 0 saturated heterocycles. The largest absolute Gasteiger partial charge is 0.479 e. The molecule has 2 N–H and O–H groups in total. The Balaban J connectivity index is 2.46. The van der Waals surface area contributed by atoms with Crippen LogP contribution in [0.1, 0.15) is 11.7 Å². The van der Waals surface area contributed by atoms with Gasteiger partial charge in [0.1, 0.15) is 5.52 Å². The standard InChI is InChI=1S/C10H9NO5/c1-15-10-11-6-4-5(8(12)9(13)14)2-3-7(6)16-10/h2-4,8,12H,1H3,(H,13,14). The highest BCUT2D eigenvalue weighted by Crippen LogP contribution is 2.24. The summed E-state index contributed by atoms with van der Waals surface area (Å²) in [7, 11) is 1.41. The third-order valence-corrected chi connectivity index (χ3v) is 2.12. The second-order valence-electron chi connectivity index (χ2n) is 3.15. The third kappa shape index (κ3) is 1.70. The van der Waals surface area contributed by atoms with Crippen LogP contribution in [-0.2, 0) is 4.79 Å². The molecule has 1 aromatic heterocycles. The molecule has 2 rings (SSSR count). The zero-order valence-electron chi connectivity index (χ0n) is 8.38. The van der Waals surface area contributed by atoms with Crippen LogP contribution in [0.25, 0.3) is 11.1 Å². The summed E-state index contributed by atoms with van der Waals surface area (Å²) in [6, 6.07) is 4.44. The SMILES string of the molecule is COc1nc2cc(C(O)C(=O)O)ccc2o1. The number of carbonyl (C=O) groups is 1. The fourth-order valence-electron chi connectivity index (χ4n) is 1.32. The van der Waals surface area contributed by atoms with Gasteiger partial charge >= 0.3 is 12.0 Å². The van der Waals surface area contributed by atoms with Gasteiger partial charge in [-0.25, -0.2) is 4.79 Å². The second kappa shape index (κ2) is 3.82. The molecule has 0 radical (unpaired) electrons. The number of carboxylic acids is 1. The number of nitrogens with zero attached hydrogens (tertiary/aromatic N) is 1. The van der Waals surface area contributed by atoms with E-state index in [4.69, 9.17) is 14.3 Å². The first kappa shape index (κ1) is 10.4. The summed E-state index contributed by atoms with van der Waals surface area (Å²) in [6.07, 6.45) is -1.47. The van der Waals surface area contributed by atoms with Gasteiger partial charge in [-0.3, -0.25) is 0 Å². The average Bonchev–Trinajstić information content (AvgIpc) is 2.69. The van der Waals surface area contributed by atoms with E-state index in [9.17, 15) is 9.90 Å². The fourth-order valence-corrected chi connectivity index (χ4v) is 1.32. The molecule has 0 fully saturated rings. The number of aliphatic hydroxyl groups is 1. The van der Waals surface area contributed by atoms with Gasteiger partial charge in [-0.05, 0) is 17.7 Å². The van der Waals surface area contributed by atoms with E-state index in [1.54, 1.807) is 0 Å². The lowest BCUT2D eigenvalue weighted by Crippen LogP contribution is -2.10. The molecule has 1 atom stereocenters. The van der Waals surface area contributed by atoms with Crippen molar-refractivity contribution in [3.05, 3.63) is 23.8 Å². The van der Waals surface area contributed by atoms with Crippen LogP contribution in [0.3, 0.4) is 0 Å². The van der Waals surface area contributed by atoms with Gasteiger partial charge in [-0.15, -0.1) is 0 Å². The predicted molar refractivity (Wildman–Crippen MR) is 53.2 cm³/mol. The Morgan fingerprint density at radius 3 is 2.94 bits per heavy atom. The molecule has 1 aromatic carbocycles. The molecule has 0 aliphatic carbocycles. The van der Waals surface area contributed by atoms with Crippen LogP contribution in [0.2, 0.25) is 0 Å². The number of methoxy groups -OCH3 is 1. The topological polar surface area (TPSA) is 92.8 Å². The van der Waals surface area contributed by atoms with Gasteiger partial charge in [0.25, 0.3) is 0 Å². The molecule has 16 heavy (non-hydrogen) atoms. The number of aromatic nitrogens is 1. The first-order chi connectivity index (χ1) is 7.61. The van der Waals surface area contributed by atoms with Crippen LogP contribution in [0, 0.1) is 0 Å². The molecule has 0 saturated carbocycles. The van der Waals surface area contributed by atoms with E-state index in [2.05, 4.69) is 4.98 Å². The Labute approximate surface area is 90.1 Å². The maximum absolute atomic E-state index is 10.6. The lowest BCUT2D eigenvalue weighted by molar-refractivity contribution is -0.146. The Bertz CT molecular complexity index is 533. The molecule has 84 valence electrons. The molecule has 0 spiro atoms. The number of rotatable bonds is 3. The average molecular weight is 223 g/mol. The van der Waals surface area contributed by atoms with Crippen molar-refractivity contribution in [2.24, 2.45) is 0 Å². The van der Waals surface area contributed by atoms with E-state index >= 15 is 0 Å². The van der Waals surface area contributed by atoms with E-state index in [0.29, 0.717) is 11.1 Å². The second-order valence-corrected chi connectivity index (χ2v) is 3.15. The highest BCUT2D eigenvalue weighted by Gasteiger charge is 2.17. The van der Waals surface area contributed by atoms with Gasteiger partial charge in [0, 0.05) is 0 Å². The maximum atomic E-state index is 10.6. The number of benzene rings is 1. The van der Waals surface area contributed by atoms with Crippen LogP contribution in [0.5, 0.6) is 6.08 Å². The summed E-state index contributed by atoms with van der Waals surface area (Å²) >= 11 is 0. The molecule has 0 amide bonds. The summed E-state index contributed by atoms with van der Waals surface area (Å²) < 4.78 is 9.94. The zero-order valence-corrected chi connectivity index (χ0v) is 8.38. The highest BCUT2D eigenvalue weighted by molar-refractivity contribution is 5.79. The van der Waals surface area contributed by atoms with Crippen molar-refractivity contribution >= 4 is 17.1 Å². The van der Waals surface area contributed by atoms with Gasteiger partial charge in [-0.1, -0.05) is 6.07 Å². The summed E-state index contributed by atoms with van der Waals surface area (Å²) in [5.74, 6) is -1.31. The number of hydrogen-bond donors (Lipinski definition) is 2. The Kier molecular flexibility index (Phi) is 2.49. The molecule has 6 nitrogen and oxygen atoms in total. The predicted octanol–water partition coefficient (Wildman–Crippen LogP) is 0.954. The van der Waals surface area contributed by atoms with E-state index in [1.807, 2.05) is 0 Å². The molecule has 1 unspecified atom stereocenters. The van der Waals surface area contributed by atoms with Crippen molar-refractivity contribution in [2.75, 3.05) is 7.11 Å². The fraction of sp³-hybridized carbons (Fsp3) is 0.200. The molecular formula is C10H9NO5. The van der Waals surface area contributed by atoms with Gasteiger partial charge < -0.3 is 19.4 Å². The van der Waals surface area contributed by atoms with Crippen LogP contribution >= 0.6 is 0 Å². The summed E-state index contributed by atoms with van der Waals surface area (Å²) in [6.45, 7) is 0. The third-order valence-electron chi connectivity index (χ3n) is 2.12. The summed E-state index contributed by atoms with van der Waals surface area (Å²) in [4.78, 5) is 14.5. The highest BCUT2D eigenvalue weighted by atomic mass is 16.6. The normalized spacial score (nSPS) is 12.6.